The molecular weight excluding hydrogens is 204 g/mol. The van der Waals surface area contributed by atoms with Gasteiger partial charge in [0.15, 0.2) is 0 Å². The molecule has 0 radical (unpaired) electrons. The summed E-state index contributed by atoms with van der Waals surface area (Å²) in [5.41, 5.74) is -0.290. The molecular formula is C12H24N2O2. The maximum Gasteiger partial charge on any atom is 0.227 e. The summed E-state index contributed by atoms with van der Waals surface area (Å²) in [6.45, 7) is 8.59. The first kappa shape index (κ1) is 13.5. The lowest BCUT2D eigenvalue weighted by atomic mass is 9.86. The Balaban J connectivity index is 2.40. The molecule has 0 aromatic heterocycles. The van der Waals surface area contributed by atoms with Gasteiger partial charge in [0.2, 0.25) is 5.91 Å². The van der Waals surface area contributed by atoms with Gasteiger partial charge in [0.1, 0.15) is 0 Å². The monoisotopic (exact) mass is 228 g/mol. The van der Waals surface area contributed by atoms with Crippen LogP contribution in [0.4, 0.5) is 0 Å². The molecule has 1 rings (SSSR count). The fraction of sp³-hybridized carbons (Fsp3) is 0.917. The average Bonchev–Trinajstić information content (AvgIpc) is 2.63. The Bertz CT molecular complexity index is 245. The topological polar surface area (TPSA) is 61.4 Å². The molecule has 1 unspecified atom stereocenters. The van der Waals surface area contributed by atoms with E-state index in [2.05, 4.69) is 24.5 Å². The van der Waals surface area contributed by atoms with Gasteiger partial charge in [-0.2, -0.15) is 0 Å². The minimum Gasteiger partial charge on any atom is -0.396 e. The minimum atomic E-state index is -0.255. The number of carbonyl (C=O) groups is 1. The molecule has 16 heavy (non-hydrogen) atoms. The first-order chi connectivity index (χ1) is 7.40. The SMILES string of the molecule is CC(C)(CCO)CNC(=O)C1(C)CCNC1. The van der Waals surface area contributed by atoms with Gasteiger partial charge in [-0.3, -0.25) is 4.79 Å². The summed E-state index contributed by atoms with van der Waals surface area (Å²) in [5.74, 6) is 0.128. The molecule has 3 N–H and O–H groups in total. The number of nitrogens with one attached hydrogen (secondary N) is 2. The van der Waals surface area contributed by atoms with Crippen LogP contribution < -0.4 is 10.6 Å². The Morgan fingerprint density at radius 1 is 1.56 bits per heavy atom. The number of aliphatic hydroxyl groups is 1. The number of rotatable bonds is 5. The number of hydrogen-bond acceptors (Lipinski definition) is 3. The Labute approximate surface area is 97.8 Å². The van der Waals surface area contributed by atoms with Gasteiger partial charge in [-0.1, -0.05) is 13.8 Å². The summed E-state index contributed by atoms with van der Waals surface area (Å²) in [6, 6.07) is 0. The normalized spacial score (nSPS) is 25.8. The zero-order valence-electron chi connectivity index (χ0n) is 10.6. The van der Waals surface area contributed by atoms with Crippen molar-refractivity contribution in [2.45, 2.75) is 33.6 Å². The molecule has 1 fully saturated rings. The van der Waals surface area contributed by atoms with Gasteiger partial charge < -0.3 is 15.7 Å². The highest BCUT2D eigenvalue weighted by Crippen LogP contribution is 2.25. The molecule has 0 aliphatic carbocycles. The van der Waals surface area contributed by atoms with Gasteiger partial charge in [-0.15, -0.1) is 0 Å². The molecule has 1 atom stereocenters. The molecule has 0 aromatic rings. The Morgan fingerprint density at radius 2 is 2.25 bits per heavy atom. The molecule has 1 amide bonds. The Kier molecular flexibility index (Phi) is 4.33. The maximum atomic E-state index is 12.0. The quantitative estimate of drug-likeness (QED) is 0.642. The third-order valence-corrected chi connectivity index (χ3v) is 3.43. The van der Waals surface area contributed by atoms with Gasteiger partial charge in [-0.25, -0.2) is 0 Å². The maximum absolute atomic E-state index is 12.0. The van der Waals surface area contributed by atoms with Crippen LogP contribution in [-0.2, 0) is 4.79 Å². The fourth-order valence-corrected chi connectivity index (χ4v) is 1.93. The lowest BCUT2D eigenvalue weighted by Crippen LogP contribution is -2.44. The van der Waals surface area contributed by atoms with Crippen LogP contribution in [0.1, 0.15) is 33.6 Å². The Hall–Kier alpha value is -0.610. The van der Waals surface area contributed by atoms with Gasteiger partial charge in [0, 0.05) is 19.7 Å². The summed E-state index contributed by atoms with van der Waals surface area (Å²) in [6.07, 6.45) is 1.61. The van der Waals surface area contributed by atoms with Crippen LogP contribution in [0.15, 0.2) is 0 Å². The molecule has 1 heterocycles. The summed E-state index contributed by atoms with van der Waals surface area (Å²) in [7, 11) is 0. The molecule has 4 heteroatoms. The molecule has 0 aromatic carbocycles. The van der Waals surface area contributed by atoms with Crippen LogP contribution >= 0.6 is 0 Å². The molecule has 4 nitrogen and oxygen atoms in total. The second kappa shape index (κ2) is 5.15. The summed E-state index contributed by atoms with van der Waals surface area (Å²) in [5, 5.41) is 15.1. The second-order valence-electron chi connectivity index (χ2n) is 5.81. The average molecular weight is 228 g/mol. The van der Waals surface area contributed by atoms with Gasteiger partial charge in [-0.05, 0) is 31.7 Å². The summed E-state index contributed by atoms with van der Waals surface area (Å²) < 4.78 is 0. The highest BCUT2D eigenvalue weighted by Gasteiger charge is 2.36. The Morgan fingerprint density at radius 3 is 2.75 bits per heavy atom. The summed E-state index contributed by atoms with van der Waals surface area (Å²) in [4.78, 5) is 12.0. The lowest BCUT2D eigenvalue weighted by Gasteiger charge is -2.27. The molecule has 0 spiro atoms. The van der Waals surface area contributed by atoms with E-state index in [0.29, 0.717) is 13.0 Å². The van der Waals surface area contributed by atoms with E-state index in [4.69, 9.17) is 5.11 Å². The van der Waals surface area contributed by atoms with E-state index < -0.39 is 0 Å². The van der Waals surface area contributed by atoms with E-state index in [1.54, 1.807) is 0 Å². The van der Waals surface area contributed by atoms with Crippen molar-refractivity contribution in [1.82, 2.24) is 10.6 Å². The molecule has 94 valence electrons. The van der Waals surface area contributed by atoms with Crippen molar-refractivity contribution in [2.24, 2.45) is 10.8 Å². The third-order valence-electron chi connectivity index (χ3n) is 3.43. The number of hydrogen-bond donors (Lipinski definition) is 3. The van der Waals surface area contributed by atoms with Crippen molar-refractivity contribution in [1.29, 1.82) is 0 Å². The first-order valence-corrected chi connectivity index (χ1v) is 6.00. The van der Waals surface area contributed by atoms with Crippen LogP contribution in [0.25, 0.3) is 0 Å². The van der Waals surface area contributed by atoms with E-state index in [9.17, 15) is 4.79 Å². The molecule has 0 saturated carbocycles. The summed E-state index contributed by atoms with van der Waals surface area (Å²) >= 11 is 0. The fourth-order valence-electron chi connectivity index (χ4n) is 1.93. The first-order valence-electron chi connectivity index (χ1n) is 6.00. The van der Waals surface area contributed by atoms with Gasteiger partial charge >= 0.3 is 0 Å². The molecule has 1 aliphatic rings. The highest BCUT2D eigenvalue weighted by molar-refractivity contribution is 5.82. The number of aliphatic hydroxyl groups excluding tert-OH is 1. The van der Waals surface area contributed by atoms with Crippen molar-refractivity contribution >= 4 is 5.91 Å². The molecule has 1 saturated heterocycles. The van der Waals surface area contributed by atoms with Gasteiger partial charge in [0.05, 0.1) is 5.41 Å². The molecule has 0 bridgehead atoms. The zero-order valence-corrected chi connectivity index (χ0v) is 10.6. The molecule has 1 aliphatic heterocycles. The van der Waals surface area contributed by atoms with E-state index in [1.165, 1.54) is 0 Å². The lowest BCUT2D eigenvalue weighted by molar-refractivity contribution is -0.129. The number of amides is 1. The zero-order chi connectivity index (χ0) is 12.2. The third kappa shape index (κ3) is 3.46. The highest BCUT2D eigenvalue weighted by atomic mass is 16.3. The van der Waals surface area contributed by atoms with Gasteiger partial charge in [0.25, 0.3) is 0 Å². The second-order valence-corrected chi connectivity index (χ2v) is 5.81. The predicted octanol–water partition coefficient (Wildman–Crippen LogP) is 0.511. The van der Waals surface area contributed by atoms with Crippen molar-refractivity contribution in [3.8, 4) is 0 Å². The van der Waals surface area contributed by atoms with E-state index in [0.717, 1.165) is 19.5 Å². The largest absolute Gasteiger partial charge is 0.396 e. The van der Waals surface area contributed by atoms with E-state index >= 15 is 0 Å². The van der Waals surface area contributed by atoms with Crippen molar-refractivity contribution in [3.63, 3.8) is 0 Å². The van der Waals surface area contributed by atoms with Crippen LogP contribution in [0, 0.1) is 10.8 Å². The number of carbonyl (C=O) groups excluding carboxylic acids is 1. The van der Waals surface area contributed by atoms with Crippen LogP contribution in [-0.4, -0.2) is 37.3 Å². The standard InChI is InChI=1S/C12H24N2O2/c1-11(2,5-7-15)8-14-10(16)12(3)4-6-13-9-12/h13,15H,4-9H2,1-3H3,(H,14,16). The van der Waals surface area contributed by atoms with E-state index in [-0.39, 0.29) is 23.3 Å². The van der Waals surface area contributed by atoms with Crippen molar-refractivity contribution in [2.75, 3.05) is 26.2 Å². The van der Waals surface area contributed by atoms with Crippen LogP contribution in [0.2, 0.25) is 0 Å². The van der Waals surface area contributed by atoms with Crippen LogP contribution in [0.5, 0.6) is 0 Å². The van der Waals surface area contributed by atoms with Crippen molar-refractivity contribution in [3.05, 3.63) is 0 Å². The van der Waals surface area contributed by atoms with Crippen LogP contribution in [0.3, 0.4) is 0 Å². The van der Waals surface area contributed by atoms with E-state index in [1.807, 2.05) is 6.92 Å². The predicted molar refractivity (Wildman–Crippen MR) is 64.1 cm³/mol. The minimum absolute atomic E-state index is 0.0349. The smallest absolute Gasteiger partial charge is 0.227 e. The van der Waals surface area contributed by atoms with Crippen molar-refractivity contribution < 1.29 is 9.90 Å².